The predicted octanol–water partition coefficient (Wildman–Crippen LogP) is 2.76. The number of aryl methyl sites for hydroxylation is 1. The number of hydrogen-bond donors (Lipinski definition) is 0. The molecule has 0 spiro atoms. The molecule has 2 rings (SSSR count). The van der Waals surface area contributed by atoms with Crippen molar-refractivity contribution in [3.05, 3.63) is 54.0 Å². The van der Waals surface area contributed by atoms with E-state index in [1.807, 2.05) is 43.3 Å². The number of carbonyl (C=O) groups is 1. The van der Waals surface area contributed by atoms with Crippen molar-refractivity contribution < 1.29 is 4.79 Å². The Kier molecular flexibility index (Phi) is 3.88. The standard InChI is InChI=1S/C13H12N2OS/c1-10-7-13(15-9-14-10)17-8-12(16)11-5-3-2-4-6-11/h2-7,9H,8H2,1H3. The van der Waals surface area contributed by atoms with E-state index in [1.165, 1.54) is 18.1 Å². The van der Waals surface area contributed by atoms with E-state index in [2.05, 4.69) is 9.97 Å². The summed E-state index contributed by atoms with van der Waals surface area (Å²) in [6, 6.07) is 11.2. The average Bonchev–Trinajstić information content (AvgIpc) is 2.37. The lowest BCUT2D eigenvalue weighted by atomic mass is 10.2. The van der Waals surface area contributed by atoms with Crippen molar-refractivity contribution in [1.29, 1.82) is 0 Å². The Labute approximate surface area is 104 Å². The first-order chi connectivity index (χ1) is 8.25. The van der Waals surface area contributed by atoms with Crippen LogP contribution in [0.15, 0.2) is 47.8 Å². The Balaban J connectivity index is 1.97. The maximum Gasteiger partial charge on any atom is 0.173 e. The van der Waals surface area contributed by atoms with Crippen molar-refractivity contribution in [2.24, 2.45) is 0 Å². The van der Waals surface area contributed by atoms with Gasteiger partial charge in [0.2, 0.25) is 0 Å². The molecule has 1 aromatic heterocycles. The first kappa shape index (κ1) is 11.8. The number of ketones is 1. The molecule has 0 amide bonds. The van der Waals surface area contributed by atoms with E-state index in [4.69, 9.17) is 0 Å². The first-order valence-electron chi connectivity index (χ1n) is 5.25. The van der Waals surface area contributed by atoms with Gasteiger partial charge in [-0.25, -0.2) is 9.97 Å². The summed E-state index contributed by atoms with van der Waals surface area (Å²) in [6.07, 6.45) is 1.52. The summed E-state index contributed by atoms with van der Waals surface area (Å²) in [5, 5.41) is 0.835. The SMILES string of the molecule is Cc1cc(SCC(=O)c2ccccc2)ncn1. The molecule has 0 N–H and O–H groups in total. The normalized spacial score (nSPS) is 10.2. The second-order valence-electron chi connectivity index (χ2n) is 3.58. The van der Waals surface area contributed by atoms with Crippen LogP contribution >= 0.6 is 11.8 Å². The Morgan fingerprint density at radius 3 is 2.71 bits per heavy atom. The highest BCUT2D eigenvalue weighted by atomic mass is 32.2. The topological polar surface area (TPSA) is 42.9 Å². The Morgan fingerprint density at radius 1 is 1.24 bits per heavy atom. The molecule has 0 saturated heterocycles. The smallest absolute Gasteiger partial charge is 0.173 e. The van der Waals surface area contributed by atoms with Gasteiger partial charge in [0.15, 0.2) is 5.78 Å². The van der Waals surface area contributed by atoms with Crippen molar-refractivity contribution in [3.63, 3.8) is 0 Å². The van der Waals surface area contributed by atoms with Gasteiger partial charge < -0.3 is 0 Å². The van der Waals surface area contributed by atoms with E-state index in [9.17, 15) is 4.79 Å². The van der Waals surface area contributed by atoms with Crippen LogP contribution in [0.5, 0.6) is 0 Å². The Bertz CT molecular complexity index is 514. The number of thioether (sulfide) groups is 1. The quantitative estimate of drug-likeness (QED) is 0.471. The van der Waals surface area contributed by atoms with E-state index in [-0.39, 0.29) is 5.78 Å². The van der Waals surface area contributed by atoms with Gasteiger partial charge in [0.25, 0.3) is 0 Å². The monoisotopic (exact) mass is 244 g/mol. The summed E-state index contributed by atoms with van der Waals surface area (Å²) < 4.78 is 0. The van der Waals surface area contributed by atoms with Crippen LogP contribution < -0.4 is 0 Å². The molecule has 86 valence electrons. The maximum absolute atomic E-state index is 11.8. The van der Waals surface area contributed by atoms with E-state index >= 15 is 0 Å². The van der Waals surface area contributed by atoms with Gasteiger partial charge in [0, 0.05) is 11.3 Å². The minimum Gasteiger partial charge on any atom is -0.293 e. The van der Waals surface area contributed by atoms with E-state index in [0.29, 0.717) is 5.75 Å². The predicted molar refractivity (Wildman–Crippen MR) is 68.3 cm³/mol. The zero-order valence-electron chi connectivity index (χ0n) is 9.46. The van der Waals surface area contributed by atoms with Crippen LogP contribution in [0.2, 0.25) is 0 Å². The minimum atomic E-state index is 0.117. The largest absolute Gasteiger partial charge is 0.293 e. The van der Waals surface area contributed by atoms with E-state index in [1.54, 1.807) is 0 Å². The van der Waals surface area contributed by atoms with Crippen LogP contribution in [0.4, 0.5) is 0 Å². The third kappa shape index (κ3) is 3.39. The lowest BCUT2D eigenvalue weighted by molar-refractivity contribution is 0.102. The fraction of sp³-hybridized carbons (Fsp3) is 0.154. The summed E-state index contributed by atoms with van der Waals surface area (Å²) in [6.45, 7) is 1.91. The summed E-state index contributed by atoms with van der Waals surface area (Å²) >= 11 is 1.44. The summed E-state index contributed by atoms with van der Waals surface area (Å²) in [5.41, 5.74) is 1.65. The maximum atomic E-state index is 11.8. The molecule has 1 heterocycles. The minimum absolute atomic E-state index is 0.117. The van der Waals surface area contributed by atoms with Crippen LogP contribution in [0.3, 0.4) is 0 Å². The average molecular weight is 244 g/mol. The van der Waals surface area contributed by atoms with Gasteiger partial charge in [-0.05, 0) is 13.0 Å². The van der Waals surface area contributed by atoms with Gasteiger partial charge in [0.05, 0.1) is 5.75 Å². The number of carbonyl (C=O) groups excluding carboxylic acids is 1. The molecular formula is C13H12N2OS. The molecule has 3 nitrogen and oxygen atoms in total. The zero-order valence-corrected chi connectivity index (χ0v) is 10.3. The van der Waals surface area contributed by atoms with Gasteiger partial charge in [-0.1, -0.05) is 42.1 Å². The van der Waals surface area contributed by atoms with Crippen LogP contribution in [-0.2, 0) is 0 Å². The van der Waals surface area contributed by atoms with Crippen LogP contribution in [0.1, 0.15) is 16.1 Å². The molecule has 0 unspecified atom stereocenters. The highest BCUT2D eigenvalue weighted by Crippen LogP contribution is 2.16. The molecule has 0 aliphatic carbocycles. The second-order valence-corrected chi connectivity index (χ2v) is 4.57. The number of Topliss-reactive ketones (excluding diaryl/α,β-unsaturated/α-hetero) is 1. The fourth-order valence-corrected chi connectivity index (χ4v) is 2.18. The highest BCUT2D eigenvalue weighted by Gasteiger charge is 2.06. The Hall–Kier alpha value is -1.68. The van der Waals surface area contributed by atoms with Gasteiger partial charge in [-0.2, -0.15) is 0 Å². The van der Waals surface area contributed by atoms with Crippen molar-refractivity contribution in [3.8, 4) is 0 Å². The third-order valence-corrected chi connectivity index (χ3v) is 3.15. The number of rotatable bonds is 4. The molecule has 17 heavy (non-hydrogen) atoms. The number of nitrogens with zero attached hydrogens (tertiary/aromatic N) is 2. The van der Waals surface area contributed by atoms with Crippen molar-refractivity contribution >= 4 is 17.5 Å². The lowest BCUT2D eigenvalue weighted by Crippen LogP contribution is -2.02. The highest BCUT2D eigenvalue weighted by molar-refractivity contribution is 7.99. The fourth-order valence-electron chi connectivity index (χ4n) is 1.36. The van der Waals surface area contributed by atoms with E-state index in [0.717, 1.165) is 16.3 Å². The van der Waals surface area contributed by atoms with Gasteiger partial charge in [0.1, 0.15) is 11.4 Å². The summed E-state index contributed by atoms with van der Waals surface area (Å²) in [4.78, 5) is 20.0. The molecule has 0 atom stereocenters. The molecule has 0 fully saturated rings. The number of hydrogen-bond acceptors (Lipinski definition) is 4. The molecule has 0 aliphatic rings. The number of aromatic nitrogens is 2. The van der Waals surface area contributed by atoms with Gasteiger partial charge in [-0.15, -0.1) is 0 Å². The third-order valence-electron chi connectivity index (χ3n) is 2.23. The summed E-state index contributed by atoms with van der Waals surface area (Å²) in [7, 11) is 0. The summed E-state index contributed by atoms with van der Waals surface area (Å²) in [5.74, 6) is 0.521. The van der Waals surface area contributed by atoms with Crippen molar-refractivity contribution in [2.45, 2.75) is 11.9 Å². The second kappa shape index (κ2) is 5.59. The van der Waals surface area contributed by atoms with Crippen LogP contribution in [0.25, 0.3) is 0 Å². The van der Waals surface area contributed by atoms with Crippen molar-refractivity contribution in [2.75, 3.05) is 5.75 Å². The van der Waals surface area contributed by atoms with Crippen molar-refractivity contribution in [1.82, 2.24) is 9.97 Å². The lowest BCUT2D eigenvalue weighted by Gasteiger charge is -2.01. The zero-order chi connectivity index (χ0) is 12.1. The molecule has 4 heteroatoms. The van der Waals surface area contributed by atoms with E-state index < -0.39 is 0 Å². The molecule has 1 aromatic carbocycles. The van der Waals surface area contributed by atoms with Crippen LogP contribution in [-0.4, -0.2) is 21.5 Å². The molecule has 0 bridgehead atoms. The van der Waals surface area contributed by atoms with Gasteiger partial charge >= 0.3 is 0 Å². The van der Waals surface area contributed by atoms with Crippen LogP contribution in [0, 0.1) is 6.92 Å². The number of benzene rings is 1. The molecule has 2 aromatic rings. The molecular weight excluding hydrogens is 232 g/mol. The molecule has 0 saturated carbocycles. The molecule has 0 aliphatic heterocycles. The molecule has 0 radical (unpaired) electrons. The van der Waals surface area contributed by atoms with Gasteiger partial charge in [-0.3, -0.25) is 4.79 Å². The Morgan fingerprint density at radius 2 is 2.00 bits per heavy atom. The first-order valence-corrected chi connectivity index (χ1v) is 6.24.